The van der Waals surface area contributed by atoms with E-state index in [-0.39, 0.29) is 29.9 Å². The maximum Gasteiger partial charge on any atom is 0.254 e. The maximum absolute atomic E-state index is 13.5. The summed E-state index contributed by atoms with van der Waals surface area (Å²) < 4.78 is 16.2. The molecule has 2 aliphatic heterocycles. The molecule has 194 valence electrons. The van der Waals surface area contributed by atoms with Crippen LogP contribution in [0.2, 0.25) is 5.02 Å². The van der Waals surface area contributed by atoms with Crippen LogP contribution in [0, 0.1) is 0 Å². The molecule has 2 amide bonds. The van der Waals surface area contributed by atoms with Crippen molar-refractivity contribution in [1.82, 2.24) is 9.80 Å². The summed E-state index contributed by atoms with van der Waals surface area (Å²) in [5.41, 5.74) is 1.11. The molecule has 2 fully saturated rings. The molecule has 0 aliphatic carbocycles. The van der Waals surface area contributed by atoms with E-state index >= 15 is 0 Å². The van der Waals surface area contributed by atoms with Gasteiger partial charge in [0.15, 0.2) is 11.5 Å². The van der Waals surface area contributed by atoms with Gasteiger partial charge in [-0.3, -0.25) is 14.5 Å². The lowest BCUT2D eigenvalue weighted by molar-refractivity contribution is -0.120. The van der Waals surface area contributed by atoms with E-state index in [0.717, 1.165) is 32.1 Å². The zero-order chi connectivity index (χ0) is 25.8. The largest absolute Gasteiger partial charge is 0.493 e. The summed E-state index contributed by atoms with van der Waals surface area (Å²) in [4.78, 5) is 30.4. The monoisotopic (exact) mass is 515 g/mol. The van der Waals surface area contributed by atoms with Crippen molar-refractivity contribution in [1.29, 1.82) is 0 Å². The third-order valence-corrected chi connectivity index (χ3v) is 7.68. The summed E-state index contributed by atoms with van der Waals surface area (Å²) >= 11 is 6.21. The number of anilines is 1. The van der Waals surface area contributed by atoms with Gasteiger partial charge >= 0.3 is 0 Å². The lowest BCUT2D eigenvalue weighted by atomic mass is 9.81. The van der Waals surface area contributed by atoms with Crippen LogP contribution in [-0.2, 0) is 4.79 Å². The van der Waals surface area contributed by atoms with Crippen molar-refractivity contribution in [2.45, 2.75) is 50.2 Å². The van der Waals surface area contributed by atoms with Crippen molar-refractivity contribution < 1.29 is 23.8 Å². The molecular formula is C27H34ClN3O5. The van der Waals surface area contributed by atoms with Crippen molar-refractivity contribution in [3.63, 3.8) is 0 Å². The topological polar surface area (TPSA) is 80.3 Å². The Morgan fingerprint density at radius 1 is 1.03 bits per heavy atom. The standard InChI is InChI=1S/C27H34ClN3O5/c1-30(27(33)17-12-23(34-2)26(36-4)24(13-17)35-3)20-14-18-8-7-9-19(15-20)31(18)16-25(32)29-22-11-6-5-10-21(22)28/h5-6,10-13,18-20H,7-9,14-16H2,1-4H3,(H,29,32). The van der Waals surface area contributed by atoms with Gasteiger partial charge in [0.1, 0.15) is 0 Å². The average Bonchev–Trinajstić information content (AvgIpc) is 2.88. The molecule has 0 aromatic heterocycles. The van der Waals surface area contributed by atoms with Gasteiger partial charge in [0.25, 0.3) is 5.91 Å². The van der Waals surface area contributed by atoms with Crippen LogP contribution >= 0.6 is 11.6 Å². The van der Waals surface area contributed by atoms with Gasteiger partial charge in [0.05, 0.1) is 38.6 Å². The van der Waals surface area contributed by atoms with Crippen molar-refractivity contribution in [3.05, 3.63) is 47.0 Å². The Bertz CT molecular complexity index is 1070. The number of hydrogen-bond donors (Lipinski definition) is 1. The quantitative estimate of drug-likeness (QED) is 0.559. The normalized spacial score (nSPS) is 21.4. The lowest BCUT2D eigenvalue weighted by Gasteiger charge is -2.50. The molecule has 2 atom stereocenters. The minimum absolute atomic E-state index is 0.0692. The number of rotatable bonds is 8. The molecule has 2 aliphatic rings. The number of hydrogen-bond acceptors (Lipinski definition) is 6. The Kier molecular flexibility index (Phi) is 8.26. The summed E-state index contributed by atoms with van der Waals surface area (Å²) in [5.74, 6) is 1.19. The highest BCUT2D eigenvalue weighted by Crippen LogP contribution is 2.40. The zero-order valence-electron chi connectivity index (χ0n) is 21.3. The number of para-hydroxylation sites is 1. The molecule has 2 aromatic rings. The van der Waals surface area contributed by atoms with Crippen molar-refractivity contribution in [2.75, 3.05) is 40.2 Å². The third-order valence-electron chi connectivity index (χ3n) is 7.35. The molecule has 2 saturated heterocycles. The van der Waals surface area contributed by atoms with Crippen LogP contribution in [0.15, 0.2) is 36.4 Å². The summed E-state index contributed by atoms with van der Waals surface area (Å²) in [6.07, 6.45) is 4.80. The number of nitrogens with one attached hydrogen (secondary N) is 1. The summed E-state index contributed by atoms with van der Waals surface area (Å²) in [7, 11) is 6.46. The number of nitrogens with zero attached hydrogens (tertiary/aromatic N) is 2. The van der Waals surface area contributed by atoms with Gasteiger partial charge in [0, 0.05) is 30.7 Å². The Balaban J connectivity index is 1.45. The molecule has 0 radical (unpaired) electrons. The Morgan fingerprint density at radius 3 is 2.19 bits per heavy atom. The average molecular weight is 516 g/mol. The van der Waals surface area contributed by atoms with Crippen LogP contribution in [0.3, 0.4) is 0 Å². The number of benzene rings is 2. The van der Waals surface area contributed by atoms with Crippen molar-refractivity contribution >= 4 is 29.1 Å². The van der Waals surface area contributed by atoms with E-state index in [4.69, 9.17) is 25.8 Å². The molecule has 2 aromatic carbocycles. The number of fused-ring (bicyclic) bond motifs is 2. The van der Waals surface area contributed by atoms with E-state index < -0.39 is 0 Å². The number of ether oxygens (including phenoxy) is 3. The van der Waals surface area contributed by atoms with Crippen LogP contribution in [0.1, 0.15) is 42.5 Å². The molecule has 36 heavy (non-hydrogen) atoms. The predicted molar refractivity (Wildman–Crippen MR) is 139 cm³/mol. The Hall–Kier alpha value is -2.97. The van der Waals surface area contributed by atoms with E-state index in [0.29, 0.717) is 40.1 Å². The minimum Gasteiger partial charge on any atom is -0.493 e. The van der Waals surface area contributed by atoms with Gasteiger partial charge in [0.2, 0.25) is 11.7 Å². The molecule has 0 saturated carbocycles. The first kappa shape index (κ1) is 26.1. The second-order valence-corrected chi connectivity index (χ2v) is 9.80. The number of amides is 2. The second kappa shape index (κ2) is 11.4. The van der Waals surface area contributed by atoms with E-state index in [1.807, 2.05) is 24.1 Å². The van der Waals surface area contributed by atoms with Crippen LogP contribution < -0.4 is 19.5 Å². The fourth-order valence-corrected chi connectivity index (χ4v) is 5.70. The summed E-state index contributed by atoms with van der Waals surface area (Å²) in [6, 6.07) is 11.2. The predicted octanol–water partition coefficient (Wildman–Crippen LogP) is 4.46. The molecule has 1 N–H and O–H groups in total. The Morgan fingerprint density at radius 2 is 1.64 bits per heavy atom. The van der Waals surface area contributed by atoms with E-state index in [2.05, 4.69) is 10.2 Å². The van der Waals surface area contributed by atoms with Gasteiger partial charge in [-0.15, -0.1) is 0 Å². The second-order valence-electron chi connectivity index (χ2n) is 9.39. The first-order valence-electron chi connectivity index (χ1n) is 12.2. The number of carbonyl (C=O) groups excluding carboxylic acids is 2. The summed E-state index contributed by atoms with van der Waals surface area (Å²) in [5, 5.41) is 3.47. The number of halogens is 1. The molecule has 9 heteroatoms. The van der Waals surface area contributed by atoms with E-state index in [1.165, 1.54) is 21.3 Å². The number of piperidine rings is 2. The molecule has 4 rings (SSSR count). The van der Waals surface area contributed by atoms with Crippen molar-refractivity contribution in [2.24, 2.45) is 0 Å². The van der Waals surface area contributed by atoms with Crippen LogP contribution in [-0.4, -0.2) is 74.7 Å². The smallest absolute Gasteiger partial charge is 0.254 e. The van der Waals surface area contributed by atoms with Crippen LogP contribution in [0.25, 0.3) is 0 Å². The van der Waals surface area contributed by atoms with E-state index in [1.54, 1.807) is 24.3 Å². The first-order valence-corrected chi connectivity index (χ1v) is 12.6. The van der Waals surface area contributed by atoms with Gasteiger partial charge < -0.3 is 24.4 Å². The molecule has 2 bridgehead atoms. The van der Waals surface area contributed by atoms with Gasteiger partial charge in [-0.25, -0.2) is 0 Å². The number of methoxy groups -OCH3 is 3. The lowest BCUT2D eigenvalue weighted by Crippen LogP contribution is -2.58. The molecule has 8 nitrogen and oxygen atoms in total. The van der Waals surface area contributed by atoms with E-state index in [9.17, 15) is 9.59 Å². The molecule has 2 heterocycles. The Labute approximate surface area is 217 Å². The van der Waals surface area contributed by atoms with Crippen LogP contribution in [0.5, 0.6) is 17.2 Å². The maximum atomic E-state index is 13.5. The fraction of sp³-hybridized carbons (Fsp3) is 0.481. The third kappa shape index (κ3) is 5.39. The fourth-order valence-electron chi connectivity index (χ4n) is 5.52. The van der Waals surface area contributed by atoms with Gasteiger partial charge in [-0.1, -0.05) is 30.2 Å². The first-order chi connectivity index (χ1) is 17.4. The number of carbonyl (C=O) groups is 2. The van der Waals surface area contributed by atoms with Crippen molar-refractivity contribution in [3.8, 4) is 17.2 Å². The minimum atomic E-state index is -0.0951. The highest BCUT2D eigenvalue weighted by Gasteiger charge is 2.41. The van der Waals surface area contributed by atoms with Gasteiger partial charge in [-0.05, 0) is 49.9 Å². The highest BCUT2D eigenvalue weighted by atomic mass is 35.5. The SMILES string of the molecule is COc1cc(C(=O)N(C)C2CC3CCCC(C2)N3CC(=O)Nc2ccccc2Cl)cc(OC)c1OC. The van der Waals surface area contributed by atoms with Gasteiger partial charge in [-0.2, -0.15) is 0 Å². The molecule has 2 unspecified atom stereocenters. The highest BCUT2D eigenvalue weighted by molar-refractivity contribution is 6.33. The summed E-state index contributed by atoms with van der Waals surface area (Å²) in [6.45, 7) is 0.317. The zero-order valence-corrected chi connectivity index (χ0v) is 22.0. The van der Waals surface area contributed by atoms with Crippen LogP contribution in [0.4, 0.5) is 5.69 Å². The molecule has 0 spiro atoms. The molecular weight excluding hydrogens is 482 g/mol.